The van der Waals surface area contributed by atoms with Crippen molar-refractivity contribution in [3.8, 4) is 0 Å². The highest BCUT2D eigenvalue weighted by molar-refractivity contribution is 7.89. The zero-order chi connectivity index (χ0) is 35.6. The summed E-state index contributed by atoms with van der Waals surface area (Å²) in [5, 5.41) is 5.55. The van der Waals surface area contributed by atoms with Gasteiger partial charge in [-0.2, -0.15) is 4.31 Å². The van der Waals surface area contributed by atoms with Gasteiger partial charge in [0, 0.05) is 31.9 Å². The summed E-state index contributed by atoms with van der Waals surface area (Å²) in [6.45, 7) is 8.54. The average Bonchev–Trinajstić information content (AvgIpc) is 3.57. The maximum atomic E-state index is 14.2. The van der Waals surface area contributed by atoms with Gasteiger partial charge in [-0.3, -0.25) is 4.79 Å². The Morgan fingerprint density at radius 2 is 1.61 bits per heavy atom. The van der Waals surface area contributed by atoms with Crippen LogP contribution in [-0.4, -0.2) is 102 Å². The number of anilines is 1. The van der Waals surface area contributed by atoms with E-state index in [-0.39, 0.29) is 56.1 Å². The van der Waals surface area contributed by atoms with E-state index in [9.17, 15) is 22.8 Å². The van der Waals surface area contributed by atoms with Gasteiger partial charge in [-0.15, -0.1) is 0 Å². The van der Waals surface area contributed by atoms with Gasteiger partial charge in [0.2, 0.25) is 15.9 Å². The number of nitrogens with one attached hydrogen (secondary N) is 2. The Bertz CT molecular complexity index is 1400. The molecule has 0 bridgehead atoms. The van der Waals surface area contributed by atoms with Crippen molar-refractivity contribution in [3.05, 3.63) is 60.2 Å². The van der Waals surface area contributed by atoms with Gasteiger partial charge in [-0.25, -0.2) is 18.0 Å². The van der Waals surface area contributed by atoms with E-state index in [0.717, 1.165) is 12.0 Å². The molecule has 0 saturated carbocycles. The van der Waals surface area contributed by atoms with Gasteiger partial charge < -0.3 is 34.3 Å². The molecule has 13 nitrogen and oxygen atoms in total. The number of carbonyl (C=O) groups is 3. The zero-order valence-corrected chi connectivity index (χ0v) is 29.7. The van der Waals surface area contributed by atoms with Crippen molar-refractivity contribution < 1.29 is 46.5 Å². The summed E-state index contributed by atoms with van der Waals surface area (Å²) in [7, 11) is -4.15. The van der Waals surface area contributed by atoms with E-state index in [0.29, 0.717) is 38.3 Å². The van der Waals surface area contributed by atoms with Gasteiger partial charge in [0.25, 0.3) is 0 Å². The SMILES string of the molecule is CCCOCC(=O)Nc1ccc(S(=O)(=O)N(CC(C)C)C[C@@H](OC(=O)COCCC)[C@H](Cc2ccccc2)NC(=O)O[C@H]2CCOC2)cc1. The minimum atomic E-state index is -4.15. The van der Waals surface area contributed by atoms with Crippen LogP contribution >= 0.6 is 0 Å². The van der Waals surface area contributed by atoms with Crippen LogP contribution in [0.3, 0.4) is 0 Å². The molecule has 3 rings (SSSR count). The molecule has 1 aliphatic rings. The third kappa shape index (κ3) is 14.1. The molecule has 0 unspecified atom stereocenters. The van der Waals surface area contributed by atoms with Crippen molar-refractivity contribution in [1.29, 1.82) is 0 Å². The number of rotatable bonds is 21. The predicted octanol–water partition coefficient (Wildman–Crippen LogP) is 4.16. The number of alkyl carbamates (subject to hydrolysis) is 1. The fraction of sp³-hybridized carbons (Fsp3) is 0.571. The standard InChI is InChI=1S/C35H51N3O10S/c1-5-17-44-24-33(39)36-28-12-14-30(15-13-28)49(42,43)38(21-26(3)4)22-32(48-34(40)25-45-18-6-2)31(20-27-10-8-7-9-11-27)37-35(41)47-29-16-19-46-23-29/h7-15,26,29,31-32H,5-6,16-25H2,1-4H3,(H,36,39)(H,37,41)/t29-,31-,32+/m0/s1. The first kappa shape index (κ1) is 39.9. The number of amides is 2. The minimum absolute atomic E-state index is 0.0158. The average molecular weight is 706 g/mol. The number of nitrogens with zero attached hydrogens (tertiary/aromatic N) is 1. The number of hydrogen-bond acceptors (Lipinski definition) is 10. The van der Waals surface area contributed by atoms with E-state index in [4.69, 9.17) is 23.7 Å². The van der Waals surface area contributed by atoms with Crippen LogP contribution in [0, 0.1) is 5.92 Å². The molecule has 2 aromatic rings. The number of ether oxygens (including phenoxy) is 5. The van der Waals surface area contributed by atoms with Crippen LogP contribution in [0.15, 0.2) is 59.5 Å². The number of carbonyl (C=O) groups excluding carboxylic acids is 3. The van der Waals surface area contributed by atoms with Crippen LogP contribution in [0.4, 0.5) is 10.5 Å². The van der Waals surface area contributed by atoms with Crippen molar-refractivity contribution >= 4 is 33.7 Å². The first-order valence-corrected chi connectivity index (χ1v) is 18.3. The maximum absolute atomic E-state index is 14.2. The number of hydrogen-bond donors (Lipinski definition) is 2. The Kier molecular flexibility index (Phi) is 17.0. The van der Waals surface area contributed by atoms with Crippen molar-refractivity contribution in [2.75, 3.05) is 58.0 Å². The van der Waals surface area contributed by atoms with Gasteiger partial charge in [-0.1, -0.05) is 58.0 Å². The molecule has 2 aromatic carbocycles. The largest absolute Gasteiger partial charge is 0.457 e. The third-order valence-electron chi connectivity index (χ3n) is 7.37. The highest BCUT2D eigenvalue weighted by atomic mass is 32.2. The number of sulfonamides is 1. The topological polar surface area (TPSA) is 159 Å². The molecule has 2 N–H and O–H groups in total. The molecule has 2 amide bonds. The molecule has 1 saturated heterocycles. The molecule has 1 heterocycles. The predicted molar refractivity (Wildman–Crippen MR) is 184 cm³/mol. The molecule has 1 fully saturated rings. The summed E-state index contributed by atoms with van der Waals surface area (Å²) in [6, 6.07) is 14.2. The zero-order valence-electron chi connectivity index (χ0n) is 28.9. The quantitative estimate of drug-likeness (QED) is 0.143. The lowest BCUT2D eigenvalue weighted by Gasteiger charge is -2.33. The van der Waals surface area contributed by atoms with Gasteiger partial charge >= 0.3 is 12.1 Å². The molecule has 0 spiro atoms. The lowest BCUT2D eigenvalue weighted by molar-refractivity contribution is -0.156. The molecule has 1 aliphatic heterocycles. The summed E-state index contributed by atoms with van der Waals surface area (Å²) < 4.78 is 57.1. The summed E-state index contributed by atoms with van der Waals surface area (Å²) in [5.74, 6) is -1.15. The lowest BCUT2D eigenvalue weighted by atomic mass is 10.0. The Labute approximate surface area is 290 Å². The lowest BCUT2D eigenvalue weighted by Crippen LogP contribution is -2.53. The van der Waals surface area contributed by atoms with E-state index >= 15 is 0 Å². The molecule has 49 heavy (non-hydrogen) atoms. The van der Waals surface area contributed by atoms with E-state index in [2.05, 4.69) is 10.6 Å². The minimum Gasteiger partial charge on any atom is -0.457 e. The van der Waals surface area contributed by atoms with Gasteiger partial charge in [-0.05, 0) is 55.0 Å². The van der Waals surface area contributed by atoms with Crippen molar-refractivity contribution in [2.24, 2.45) is 5.92 Å². The van der Waals surface area contributed by atoms with Gasteiger partial charge in [0.05, 0.1) is 30.7 Å². The molecular weight excluding hydrogens is 654 g/mol. The Morgan fingerprint density at radius 3 is 2.22 bits per heavy atom. The molecule has 272 valence electrons. The molecule has 0 aliphatic carbocycles. The third-order valence-corrected chi connectivity index (χ3v) is 9.22. The normalized spacial score (nSPS) is 15.9. The summed E-state index contributed by atoms with van der Waals surface area (Å²) in [4.78, 5) is 38.4. The molecular formula is C35H51N3O10S. The van der Waals surface area contributed by atoms with Crippen molar-refractivity contribution in [2.45, 2.75) is 76.5 Å². The van der Waals surface area contributed by atoms with E-state index in [1.54, 1.807) is 0 Å². The molecule has 0 aromatic heterocycles. The van der Waals surface area contributed by atoms with E-state index in [1.165, 1.54) is 28.6 Å². The van der Waals surface area contributed by atoms with Gasteiger partial charge in [0.1, 0.15) is 25.4 Å². The van der Waals surface area contributed by atoms with Crippen LogP contribution in [0.2, 0.25) is 0 Å². The van der Waals surface area contributed by atoms with Gasteiger partial charge in [0.15, 0.2) is 0 Å². The van der Waals surface area contributed by atoms with Crippen LogP contribution < -0.4 is 10.6 Å². The Morgan fingerprint density at radius 1 is 0.939 bits per heavy atom. The summed E-state index contributed by atoms with van der Waals surface area (Å²) in [5.41, 5.74) is 1.24. The Balaban J connectivity index is 1.91. The Hall–Kier alpha value is -3.56. The second-order valence-corrected chi connectivity index (χ2v) is 14.2. The fourth-order valence-corrected chi connectivity index (χ4v) is 6.70. The first-order valence-electron chi connectivity index (χ1n) is 16.9. The van der Waals surface area contributed by atoms with Crippen molar-refractivity contribution in [3.63, 3.8) is 0 Å². The molecule has 14 heteroatoms. The summed E-state index contributed by atoms with van der Waals surface area (Å²) in [6.07, 6.45) is -0.0219. The monoisotopic (exact) mass is 705 g/mol. The van der Waals surface area contributed by atoms with Crippen LogP contribution in [0.25, 0.3) is 0 Å². The van der Waals surface area contributed by atoms with Crippen LogP contribution in [-0.2, 0) is 49.7 Å². The fourth-order valence-electron chi connectivity index (χ4n) is 5.08. The second-order valence-electron chi connectivity index (χ2n) is 12.3. The van der Waals surface area contributed by atoms with Crippen LogP contribution in [0.5, 0.6) is 0 Å². The van der Waals surface area contributed by atoms with E-state index in [1.807, 2.05) is 58.0 Å². The first-order chi connectivity index (χ1) is 23.5. The van der Waals surface area contributed by atoms with E-state index < -0.39 is 40.3 Å². The number of esters is 1. The van der Waals surface area contributed by atoms with Crippen molar-refractivity contribution in [1.82, 2.24) is 9.62 Å². The van der Waals surface area contributed by atoms with Crippen LogP contribution in [0.1, 0.15) is 52.5 Å². The number of benzene rings is 2. The smallest absolute Gasteiger partial charge is 0.407 e. The molecule has 0 radical (unpaired) electrons. The maximum Gasteiger partial charge on any atom is 0.407 e. The molecule has 3 atom stereocenters. The summed E-state index contributed by atoms with van der Waals surface area (Å²) >= 11 is 0. The highest BCUT2D eigenvalue weighted by Crippen LogP contribution is 2.22. The second kappa shape index (κ2) is 20.8. The highest BCUT2D eigenvalue weighted by Gasteiger charge is 2.35.